The van der Waals surface area contributed by atoms with Gasteiger partial charge >= 0.3 is 0 Å². The lowest BCUT2D eigenvalue weighted by molar-refractivity contribution is 0.172. The van der Waals surface area contributed by atoms with E-state index < -0.39 is 0 Å². The van der Waals surface area contributed by atoms with Gasteiger partial charge in [-0.3, -0.25) is 0 Å². The third-order valence-corrected chi connectivity index (χ3v) is 4.23. The predicted octanol–water partition coefficient (Wildman–Crippen LogP) is 4.16. The second kappa shape index (κ2) is 5.50. The van der Waals surface area contributed by atoms with Crippen molar-refractivity contribution in [3.05, 3.63) is 72.2 Å². The summed E-state index contributed by atoms with van der Waals surface area (Å²) in [5, 5.41) is -0.148. The lowest BCUT2D eigenvalue weighted by Crippen LogP contribution is -2.27. The van der Waals surface area contributed by atoms with Crippen LogP contribution in [0.1, 0.15) is 17.5 Å². The molecule has 1 aliphatic rings. The van der Waals surface area contributed by atoms with E-state index >= 15 is 0 Å². The number of halogens is 1. The smallest absolute Gasteiger partial charge is 0.172 e. The Balaban J connectivity index is 1.64. The molecule has 0 bridgehead atoms. The van der Waals surface area contributed by atoms with Crippen LogP contribution in [-0.2, 0) is 6.42 Å². The first-order chi connectivity index (χ1) is 10.8. The summed E-state index contributed by atoms with van der Waals surface area (Å²) in [6.45, 7) is 0. The van der Waals surface area contributed by atoms with Gasteiger partial charge in [-0.05, 0) is 24.1 Å². The zero-order valence-electron chi connectivity index (χ0n) is 11.8. The molecule has 0 saturated heterocycles. The van der Waals surface area contributed by atoms with Crippen LogP contribution in [-0.4, -0.2) is 15.3 Å². The average Bonchev–Trinajstić information content (AvgIpc) is 3.05. The first kappa shape index (κ1) is 13.4. The third kappa shape index (κ3) is 2.38. The van der Waals surface area contributed by atoms with Crippen LogP contribution in [0.15, 0.2) is 54.7 Å². The van der Waals surface area contributed by atoms with Gasteiger partial charge < -0.3 is 9.72 Å². The molecule has 3 nitrogen and oxygen atoms in total. The highest BCUT2D eigenvalue weighted by Crippen LogP contribution is 2.36. The van der Waals surface area contributed by atoms with Crippen molar-refractivity contribution in [2.75, 3.05) is 0 Å². The molecule has 2 unspecified atom stereocenters. The summed E-state index contributed by atoms with van der Waals surface area (Å²) >= 11 is 6.50. The molecule has 2 aromatic carbocycles. The van der Waals surface area contributed by atoms with Gasteiger partial charge in [0.05, 0.1) is 11.1 Å². The van der Waals surface area contributed by atoms with Crippen LogP contribution < -0.4 is 4.74 Å². The van der Waals surface area contributed by atoms with E-state index in [0.29, 0.717) is 0 Å². The minimum Gasteiger partial charge on any atom is -0.481 e. The quantitative estimate of drug-likeness (QED) is 0.722. The molecule has 4 rings (SSSR count). The van der Waals surface area contributed by atoms with Crippen LogP contribution in [0.4, 0.5) is 0 Å². The molecule has 1 aliphatic heterocycles. The summed E-state index contributed by atoms with van der Waals surface area (Å²) in [7, 11) is 0. The van der Waals surface area contributed by atoms with E-state index in [-0.39, 0.29) is 11.5 Å². The third-order valence-electron chi connectivity index (χ3n) is 3.85. The van der Waals surface area contributed by atoms with Crippen molar-refractivity contribution in [2.45, 2.75) is 17.9 Å². The van der Waals surface area contributed by atoms with Gasteiger partial charge in [0, 0.05) is 11.8 Å². The summed E-state index contributed by atoms with van der Waals surface area (Å²) in [6.07, 6.45) is 2.38. The predicted molar refractivity (Wildman–Crippen MR) is 86.0 cm³/mol. The van der Waals surface area contributed by atoms with Gasteiger partial charge in [0.1, 0.15) is 11.6 Å². The fourth-order valence-electron chi connectivity index (χ4n) is 2.72. The van der Waals surface area contributed by atoms with Crippen molar-refractivity contribution in [2.24, 2.45) is 0 Å². The normalized spacial score (nSPS) is 20.2. The number of hydrogen-bond donors (Lipinski definition) is 1. The molecule has 4 heteroatoms. The summed E-state index contributed by atoms with van der Waals surface area (Å²) in [4.78, 5) is 7.86. The van der Waals surface area contributed by atoms with Crippen molar-refractivity contribution < 1.29 is 4.74 Å². The first-order valence-electron chi connectivity index (χ1n) is 7.22. The van der Waals surface area contributed by atoms with E-state index in [9.17, 15) is 0 Å². The van der Waals surface area contributed by atoms with Crippen LogP contribution in [0, 0.1) is 6.07 Å². The highest BCUT2D eigenvalue weighted by atomic mass is 35.5. The van der Waals surface area contributed by atoms with Gasteiger partial charge in [0.15, 0.2) is 6.10 Å². The van der Waals surface area contributed by atoms with E-state index in [1.54, 1.807) is 0 Å². The van der Waals surface area contributed by atoms with Gasteiger partial charge in [-0.1, -0.05) is 42.5 Å². The van der Waals surface area contributed by atoms with Crippen LogP contribution in [0.5, 0.6) is 5.75 Å². The van der Waals surface area contributed by atoms with E-state index in [2.05, 4.69) is 16.0 Å². The molecule has 2 atom stereocenters. The van der Waals surface area contributed by atoms with E-state index in [1.165, 1.54) is 0 Å². The highest BCUT2D eigenvalue weighted by Gasteiger charge is 2.31. The van der Waals surface area contributed by atoms with Crippen molar-refractivity contribution in [1.29, 1.82) is 0 Å². The Morgan fingerprint density at radius 1 is 1.23 bits per heavy atom. The fourth-order valence-corrected chi connectivity index (χ4v) is 3.06. The highest BCUT2D eigenvalue weighted by molar-refractivity contribution is 6.21. The summed E-state index contributed by atoms with van der Waals surface area (Å²) in [5.41, 5.74) is 3.08. The van der Waals surface area contributed by atoms with E-state index in [0.717, 1.165) is 34.8 Å². The number of benzene rings is 2. The lowest BCUT2D eigenvalue weighted by Gasteiger charge is -2.28. The minimum atomic E-state index is -0.276. The molecule has 2 heterocycles. The Labute approximate surface area is 133 Å². The molecule has 109 valence electrons. The van der Waals surface area contributed by atoms with Gasteiger partial charge in [0.2, 0.25) is 0 Å². The number of nitrogens with one attached hydrogen (secondary N) is 1. The summed E-state index contributed by atoms with van der Waals surface area (Å²) in [6, 6.07) is 18.8. The molecular weight excluding hydrogens is 296 g/mol. The largest absolute Gasteiger partial charge is 0.481 e. The molecule has 0 amide bonds. The lowest BCUT2D eigenvalue weighted by atomic mass is 10.0. The Bertz CT molecular complexity index is 785. The number of hydrogen-bond acceptors (Lipinski definition) is 2. The van der Waals surface area contributed by atoms with E-state index in [1.807, 2.05) is 54.7 Å². The number of aromatic amines is 1. The Hall–Kier alpha value is -2.26. The number of rotatable bonds is 2. The standard InChI is InChI=1S/C18H14ClN2O/c19-14-10-13-8-4-5-9-16(13)22-17(14)18-20-11-15(21-18)12-6-2-1-3-7-12/h1-4,6-9,11,14,17H,10H2,(H,20,21). The number of nitrogens with zero attached hydrogens (tertiary/aromatic N) is 1. The second-order valence-electron chi connectivity index (χ2n) is 5.33. The molecular formula is C18H14ClN2O. The number of fused-ring (bicyclic) bond motifs is 1. The molecule has 0 saturated carbocycles. The maximum atomic E-state index is 6.50. The monoisotopic (exact) mass is 309 g/mol. The second-order valence-corrected chi connectivity index (χ2v) is 5.89. The topological polar surface area (TPSA) is 37.9 Å². The number of ether oxygens (including phenoxy) is 1. The summed E-state index contributed by atoms with van der Waals surface area (Å²) < 4.78 is 6.02. The maximum absolute atomic E-state index is 6.50. The fraction of sp³-hybridized carbons (Fsp3) is 0.167. The molecule has 3 aromatic rings. The van der Waals surface area contributed by atoms with E-state index in [4.69, 9.17) is 16.3 Å². The SMILES string of the molecule is ClC1Cc2cc[c]cc2OC1c1nc(-c2ccccc2)c[nH]1. The molecule has 1 radical (unpaired) electrons. The Morgan fingerprint density at radius 3 is 2.95 bits per heavy atom. The van der Waals surface area contributed by atoms with Crippen molar-refractivity contribution in [3.8, 4) is 17.0 Å². The number of H-pyrrole nitrogens is 1. The number of aromatic nitrogens is 2. The molecule has 1 aromatic heterocycles. The van der Waals surface area contributed by atoms with Crippen molar-refractivity contribution in [1.82, 2.24) is 9.97 Å². The van der Waals surface area contributed by atoms with Crippen LogP contribution >= 0.6 is 11.6 Å². The Morgan fingerprint density at radius 2 is 2.09 bits per heavy atom. The van der Waals surface area contributed by atoms with Gasteiger partial charge in [-0.2, -0.15) is 0 Å². The van der Waals surface area contributed by atoms with Gasteiger partial charge in [-0.15, -0.1) is 11.6 Å². The van der Waals surface area contributed by atoms with Gasteiger partial charge in [-0.25, -0.2) is 4.98 Å². The zero-order valence-corrected chi connectivity index (χ0v) is 12.5. The molecule has 0 fully saturated rings. The Kier molecular flexibility index (Phi) is 3.35. The number of alkyl halides is 1. The molecule has 1 N–H and O–H groups in total. The van der Waals surface area contributed by atoms with Crippen molar-refractivity contribution in [3.63, 3.8) is 0 Å². The summed E-state index contributed by atoms with van der Waals surface area (Å²) in [5.74, 6) is 1.59. The number of imidazole rings is 1. The van der Waals surface area contributed by atoms with Crippen LogP contribution in [0.2, 0.25) is 0 Å². The maximum Gasteiger partial charge on any atom is 0.172 e. The average molecular weight is 310 g/mol. The first-order valence-corrected chi connectivity index (χ1v) is 7.65. The zero-order chi connectivity index (χ0) is 14.9. The van der Waals surface area contributed by atoms with Crippen LogP contribution in [0.3, 0.4) is 0 Å². The minimum absolute atomic E-state index is 0.148. The molecule has 0 aliphatic carbocycles. The molecule has 0 spiro atoms. The van der Waals surface area contributed by atoms with Gasteiger partial charge in [0.25, 0.3) is 0 Å². The van der Waals surface area contributed by atoms with Crippen molar-refractivity contribution >= 4 is 11.6 Å². The van der Waals surface area contributed by atoms with Crippen LogP contribution in [0.25, 0.3) is 11.3 Å². The molecule has 22 heavy (non-hydrogen) atoms.